The van der Waals surface area contributed by atoms with Crippen LogP contribution in [-0.2, 0) is 4.79 Å². The molecule has 5 heteroatoms. The molecular weight excluding hydrogens is 534 g/mol. The first-order valence-electron chi connectivity index (χ1n) is 18.6. The molecule has 0 saturated carbocycles. The summed E-state index contributed by atoms with van der Waals surface area (Å²) in [7, 11) is 0. The van der Waals surface area contributed by atoms with Crippen molar-refractivity contribution in [2.75, 3.05) is 6.61 Å². The van der Waals surface area contributed by atoms with Crippen LogP contribution < -0.4 is 5.32 Å². The lowest BCUT2D eigenvalue weighted by atomic mass is 10.0. The number of rotatable bonds is 33. The molecule has 1 amide bonds. The Morgan fingerprint density at radius 3 is 1.42 bits per heavy atom. The zero-order valence-electron chi connectivity index (χ0n) is 28.6. The van der Waals surface area contributed by atoms with Gasteiger partial charge in [0.15, 0.2) is 0 Å². The Bertz CT molecular complexity index is 635. The van der Waals surface area contributed by atoms with Crippen molar-refractivity contribution in [3.05, 3.63) is 24.3 Å². The van der Waals surface area contributed by atoms with E-state index >= 15 is 0 Å². The van der Waals surface area contributed by atoms with Gasteiger partial charge in [0.05, 0.1) is 18.8 Å². The fraction of sp³-hybridized carbons (Fsp3) is 0.868. The molecule has 0 rings (SSSR count). The maximum atomic E-state index is 12.3. The van der Waals surface area contributed by atoms with E-state index in [4.69, 9.17) is 0 Å². The normalized spacial score (nSPS) is 14.1. The molecule has 0 bridgehead atoms. The molecule has 0 heterocycles. The molecule has 3 atom stereocenters. The third-order valence-electron chi connectivity index (χ3n) is 8.54. The molecule has 0 aliphatic heterocycles. The molecule has 0 aromatic rings. The van der Waals surface area contributed by atoms with Crippen LogP contribution in [0.2, 0.25) is 0 Å². The van der Waals surface area contributed by atoms with E-state index in [0.29, 0.717) is 12.8 Å². The van der Waals surface area contributed by atoms with Crippen molar-refractivity contribution in [1.82, 2.24) is 5.32 Å². The first-order chi connectivity index (χ1) is 21.1. The van der Waals surface area contributed by atoms with Crippen molar-refractivity contribution in [2.24, 2.45) is 0 Å². The number of amides is 1. The van der Waals surface area contributed by atoms with Crippen LogP contribution in [0.3, 0.4) is 0 Å². The second-order valence-electron chi connectivity index (χ2n) is 12.8. The fourth-order valence-corrected chi connectivity index (χ4v) is 5.59. The smallest absolute Gasteiger partial charge is 0.220 e. The summed E-state index contributed by atoms with van der Waals surface area (Å²) in [5, 5.41) is 33.3. The molecule has 254 valence electrons. The lowest BCUT2D eigenvalue weighted by Gasteiger charge is -2.26. The van der Waals surface area contributed by atoms with Crippen molar-refractivity contribution >= 4 is 5.91 Å². The Balaban J connectivity index is 3.71. The Morgan fingerprint density at radius 2 is 0.953 bits per heavy atom. The lowest BCUT2D eigenvalue weighted by Crippen LogP contribution is -2.50. The Hall–Kier alpha value is -1.17. The van der Waals surface area contributed by atoms with Gasteiger partial charge in [0.25, 0.3) is 0 Å². The summed E-state index contributed by atoms with van der Waals surface area (Å²) in [6, 6.07) is -0.826. The van der Waals surface area contributed by atoms with Crippen LogP contribution >= 0.6 is 0 Å². The standard InChI is InChI=1S/C38H73NO4/c1-3-5-7-9-11-13-15-17-18-19-20-21-23-25-27-29-31-33-37(42)39-35(34-40)38(43)36(41)32-30-28-26-24-22-16-14-12-10-8-6-4-2/h12,14,24,26,35-36,38,40-41,43H,3-11,13,15-23,25,27-34H2,1-2H3,(H,39,42)/b14-12+,26-24+. The van der Waals surface area contributed by atoms with E-state index < -0.39 is 18.2 Å². The number of nitrogens with one attached hydrogen (secondary N) is 1. The van der Waals surface area contributed by atoms with Crippen LogP contribution in [0.15, 0.2) is 24.3 Å². The van der Waals surface area contributed by atoms with E-state index in [-0.39, 0.29) is 12.5 Å². The van der Waals surface area contributed by atoms with Crippen LogP contribution in [0.4, 0.5) is 0 Å². The van der Waals surface area contributed by atoms with Gasteiger partial charge in [-0.05, 0) is 51.4 Å². The minimum absolute atomic E-state index is 0.159. The van der Waals surface area contributed by atoms with Gasteiger partial charge in [0, 0.05) is 6.42 Å². The largest absolute Gasteiger partial charge is 0.394 e. The number of carbonyl (C=O) groups is 1. The maximum absolute atomic E-state index is 12.3. The second kappa shape index (κ2) is 33.7. The van der Waals surface area contributed by atoms with Gasteiger partial charge in [0.1, 0.15) is 6.10 Å². The van der Waals surface area contributed by atoms with Gasteiger partial charge in [-0.3, -0.25) is 4.79 Å². The van der Waals surface area contributed by atoms with Gasteiger partial charge in [0.2, 0.25) is 5.91 Å². The van der Waals surface area contributed by atoms with Crippen molar-refractivity contribution in [3.8, 4) is 0 Å². The Morgan fingerprint density at radius 1 is 0.558 bits per heavy atom. The molecule has 0 aliphatic rings. The Kier molecular flexibility index (Phi) is 32.8. The SMILES string of the molecule is CCCCC/C=C/CC/C=C/CCCC(O)C(O)C(CO)NC(=O)CCCCCCCCCCCCCCCCCCC. The molecule has 0 aromatic heterocycles. The fourth-order valence-electron chi connectivity index (χ4n) is 5.59. The zero-order chi connectivity index (χ0) is 31.6. The molecule has 5 nitrogen and oxygen atoms in total. The van der Waals surface area contributed by atoms with E-state index in [0.717, 1.165) is 44.9 Å². The van der Waals surface area contributed by atoms with E-state index in [1.165, 1.54) is 116 Å². The molecular formula is C38H73NO4. The van der Waals surface area contributed by atoms with Gasteiger partial charge >= 0.3 is 0 Å². The van der Waals surface area contributed by atoms with E-state index in [1.807, 2.05) is 0 Å². The third kappa shape index (κ3) is 29.3. The molecule has 0 fully saturated rings. The Labute approximate surface area is 267 Å². The summed E-state index contributed by atoms with van der Waals surface area (Å²) in [6.07, 6.45) is 38.4. The summed E-state index contributed by atoms with van der Waals surface area (Å²) < 4.78 is 0. The average Bonchev–Trinajstić information content (AvgIpc) is 3.01. The van der Waals surface area contributed by atoms with Crippen molar-refractivity contribution in [3.63, 3.8) is 0 Å². The van der Waals surface area contributed by atoms with Gasteiger partial charge in [-0.15, -0.1) is 0 Å². The van der Waals surface area contributed by atoms with Gasteiger partial charge in [-0.2, -0.15) is 0 Å². The predicted molar refractivity (Wildman–Crippen MR) is 185 cm³/mol. The monoisotopic (exact) mass is 608 g/mol. The number of allylic oxidation sites excluding steroid dienone is 4. The average molecular weight is 608 g/mol. The first-order valence-corrected chi connectivity index (χ1v) is 18.6. The van der Waals surface area contributed by atoms with E-state index in [2.05, 4.69) is 43.5 Å². The van der Waals surface area contributed by atoms with Gasteiger partial charge < -0.3 is 20.6 Å². The summed E-state index contributed by atoms with van der Waals surface area (Å²) in [6.45, 7) is 4.12. The molecule has 0 aliphatic carbocycles. The summed E-state index contributed by atoms with van der Waals surface area (Å²) in [5.74, 6) is -0.159. The zero-order valence-corrected chi connectivity index (χ0v) is 28.6. The number of aliphatic hydroxyl groups excluding tert-OH is 3. The molecule has 0 radical (unpaired) electrons. The predicted octanol–water partition coefficient (Wildman–Crippen LogP) is 9.87. The molecule has 0 aromatic carbocycles. The lowest BCUT2D eigenvalue weighted by molar-refractivity contribution is -0.124. The molecule has 0 spiro atoms. The summed E-state index contributed by atoms with van der Waals surface area (Å²) >= 11 is 0. The molecule has 43 heavy (non-hydrogen) atoms. The highest BCUT2D eigenvalue weighted by Crippen LogP contribution is 2.15. The number of hydrogen-bond donors (Lipinski definition) is 4. The molecule has 0 saturated heterocycles. The summed E-state index contributed by atoms with van der Waals surface area (Å²) in [5.41, 5.74) is 0. The van der Waals surface area contributed by atoms with Crippen molar-refractivity contribution < 1.29 is 20.1 Å². The van der Waals surface area contributed by atoms with Crippen molar-refractivity contribution in [2.45, 2.75) is 205 Å². The maximum Gasteiger partial charge on any atom is 0.220 e. The minimum atomic E-state index is -1.16. The van der Waals surface area contributed by atoms with Gasteiger partial charge in [-0.1, -0.05) is 154 Å². The molecule has 4 N–H and O–H groups in total. The first kappa shape index (κ1) is 41.8. The minimum Gasteiger partial charge on any atom is -0.394 e. The van der Waals surface area contributed by atoms with Crippen LogP contribution in [-0.4, -0.2) is 46.1 Å². The van der Waals surface area contributed by atoms with Crippen LogP contribution in [0.5, 0.6) is 0 Å². The highest BCUT2D eigenvalue weighted by atomic mass is 16.3. The van der Waals surface area contributed by atoms with E-state index in [1.54, 1.807) is 0 Å². The third-order valence-corrected chi connectivity index (χ3v) is 8.54. The highest BCUT2D eigenvalue weighted by Gasteiger charge is 2.26. The summed E-state index contributed by atoms with van der Waals surface area (Å²) in [4.78, 5) is 12.3. The second-order valence-corrected chi connectivity index (χ2v) is 12.8. The van der Waals surface area contributed by atoms with Gasteiger partial charge in [-0.25, -0.2) is 0 Å². The quantitative estimate of drug-likeness (QED) is 0.0441. The highest BCUT2D eigenvalue weighted by molar-refractivity contribution is 5.76. The van der Waals surface area contributed by atoms with Crippen LogP contribution in [0.1, 0.15) is 187 Å². The number of hydrogen-bond acceptors (Lipinski definition) is 4. The topological polar surface area (TPSA) is 89.8 Å². The number of carbonyl (C=O) groups excluding carboxylic acids is 1. The number of unbranched alkanes of at least 4 members (excludes halogenated alkanes) is 21. The number of aliphatic hydroxyl groups is 3. The van der Waals surface area contributed by atoms with Crippen LogP contribution in [0.25, 0.3) is 0 Å². The van der Waals surface area contributed by atoms with Crippen LogP contribution in [0, 0.1) is 0 Å². The molecule has 3 unspecified atom stereocenters. The van der Waals surface area contributed by atoms with Crippen molar-refractivity contribution in [1.29, 1.82) is 0 Å². The van der Waals surface area contributed by atoms with E-state index in [9.17, 15) is 20.1 Å².